The lowest BCUT2D eigenvalue weighted by Gasteiger charge is -2.03. The second-order valence-electron chi connectivity index (χ2n) is 16.5. The molecule has 0 aromatic carbocycles. The standard InChI is InChI=1S/C12H22O4.C10H18O4.C10H16O4.C6H8N2.C6H10O4.C4H4N2.C4H2N2.C4H6O4.C4H4O4/c1-3-9-15-11(13)7-5-6-8-12(14)16-10-4-2;2*1-3-7-13-9(11)5-6-10(12)14-8-4-2;7-5-3-1-2-4-6-8;7-5(8)3-1-2-4-6(9)10;2*5-3-1-2-4-6;2*5-3(6)1-2-4(7)8/h3-10H2,1-2H3;3-8H2,1-2H3;5-6H,3-4,7-8H2,1-2H3;1-4H2;1-4H2,(H,7,8)(H,9,10);1-2H2;1-2H;1-2H2,(H,5,6)(H,7,8);1-2H,(H,5,6)(H,7,8)/b;;6-5+;;;;2-1+;;2-1+. The Balaban J connectivity index is -0.000000119. The van der Waals surface area contributed by atoms with Crippen molar-refractivity contribution in [3.63, 3.8) is 0 Å². The third kappa shape index (κ3) is 133. The van der Waals surface area contributed by atoms with E-state index in [1.807, 2.05) is 65.8 Å². The van der Waals surface area contributed by atoms with Crippen LogP contribution in [0.2, 0.25) is 0 Å². The lowest BCUT2D eigenvalue weighted by atomic mass is 10.2. The number of nitriles is 6. The Hall–Kier alpha value is -10.2. The normalized spacial score (nSPS) is 8.93. The number of esters is 6. The first-order chi connectivity index (χ1) is 42.7. The number of carbonyl (C=O) groups excluding carboxylic acids is 6. The SMILES string of the molecule is CCCOC(=O)/C=C/C(=O)OCCC.CCCOC(=O)CCC(=O)OCCC.CCCOC(=O)CCCCC(=O)OCCC.N#C/C=C/C#N.N#CCCC#N.N#CCCCCC#N.O=C(O)/C=C/C(=O)O.O=C(O)CCC(=O)O.O=C(O)CCCCC(=O)O. The van der Waals surface area contributed by atoms with Gasteiger partial charge in [-0.05, 0) is 77.0 Å². The summed E-state index contributed by atoms with van der Waals surface area (Å²) in [5.74, 6) is -8.45. The molecule has 90 heavy (non-hydrogen) atoms. The Morgan fingerprint density at radius 2 is 0.533 bits per heavy atom. The average molecular weight is 1280 g/mol. The highest BCUT2D eigenvalue weighted by molar-refractivity contribution is 5.91. The molecule has 30 nitrogen and oxygen atoms in total. The maximum atomic E-state index is 11.1. The van der Waals surface area contributed by atoms with Crippen LogP contribution in [0, 0.1) is 68.0 Å². The number of carbonyl (C=O) groups is 12. The Morgan fingerprint density at radius 1 is 0.300 bits per heavy atom. The maximum Gasteiger partial charge on any atom is 0.331 e. The molecular weight excluding hydrogens is 1190 g/mol. The predicted octanol–water partition coefficient (Wildman–Crippen LogP) is 8.94. The summed E-state index contributed by atoms with van der Waals surface area (Å²) >= 11 is 0. The van der Waals surface area contributed by atoms with E-state index in [1.165, 1.54) is 0 Å². The number of carboxylic acids is 6. The van der Waals surface area contributed by atoms with Crippen LogP contribution in [0.3, 0.4) is 0 Å². The van der Waals surface area contributed by atoms with E-state index in [2.05, 4.69) is 0 Å². The highest BCUT2D eigenvalue weighted by Crippen LogP contribution is 2.04. The first-order valence-electron chi connectivity index (χ1n) is 28.3. The lowest BCUT2D eigenvalue weighted by Crippen LogP contribution is -2.10. The van der Waals surface area contributed by atoms with Crippen molar-refractivity contribution >= 4 is 71.6 Å². The number of nitrogens with zero attached hydrogens (tertiary/aromatic N) is 6. The van der Waals surface area contributed by atoms with Gasteiger partial charge in [-0.1, -0.05) is 41.5 Å². The molecule has 0 radical (unpaired) electrons. The van der Waals surface area contributed by atoms with E-state index in [9.17, 15) is 57.5 Å². The van der Waals surface area contributed by atoms with Crippen LogP contribution in [0.4, 0.5) is 0 Å². The molecule has 0 spiro atoms. The van der Waals surface area contributed by atoms with Gasteiger partial charge in [0.25, 0.3) is 0 Å². The maximum absolute atomic E-state index is 11.1. The van der Waals surface area contributed by atoms with Gasteiger partial charge in [0.1, 0.15) is 0 Å². The molecule has 0 aromatic heterocycles. The molecule has 0 aliphatic rings. The summed E-state index contributed by atoms with van der Waals surface area (Å²) in [6, 6.07) is 11.1. The van der Waals surface area contributed by atoms with Crippen LogP contribution in [-0.2, 0) is 86.0 Å². The molecule has 0 unspecified atom stereocenters. The van der Waals surface area contributed by atoms with Gasteiger partial charge in [0, 0.05) is 87.8 Å². The Labute approximate surface area is 526 Å². The van der Waals surface area contributed by atoms with Gasteiger partial charge < -0.3 is 59.1 Å². The number of rotatable bonds is 36. The third-order valence-corrected chi connectivity index (χ3v) is 8.03. The van der Waals surface area contributed by atoms with Crippen LogP contribution in [-0.4, -0.2) is 142 Å². The molecule has 0 saturated carbocycles. The minimum absolute atomic E-state index is 0.0628. The van der Waals surface area contributed by atoms with Crippen molar-refractivity contribution in [1.82, 2.24) is 0 Å². The number of ether oxygens (including phenoxy) is 6. The van der Waals surface area contributed by atoms with Gasteiger partial charge >= 0.3 is 71.6 Å². The lowest BCUT2D eigenvalue weighted by molar-refractivity contribution is -0.150. The van der Waals surface area contributed by atoms with Gasteiger partial charge in [-0.25, -0.2) is 19.2 Å². The van der Waals surface area contributed by atoms with Crippen LogP contribution < -0.4 is 0 Å². The Kier molecular flexibility index (Phi) is 96.2. The molecule has 504 valence electrons. The molecular formula is C60H90N6O24. The minimum Gasteiger partial charge on any atom is -0.481 e. The van der Waals surface area contributed by atoms with E-state index in [-0.39, 0.29) is 62.4 Å². The summed E-state index contributed by atoms with van der Waals surface area (Å²) in [5, 5.41) is 94.8. The van der Waals surface area contributed by atoms with Gasteiger partial charge in [0.05, 0.1) is 102 Å². The molecule has 0 amide bonds. The van der Waals surface area contributed by atoms with Crippen molar-refractivity contribution in [1.29, 1.82) is 31.6 Å². The summed E-state index contributed by atoms with van der Waals surface area (Å²) in [5.41, 5.74) is 0. The van der Waals surface area contributed by atoms with Gasteiger partial charge in [0.2, 0.25) is 0 Å². The smallest absolute Gasteiger partial charge is 0.331 e. The third-order valence-electron chi connectivity index (χ3n) is 8.03. The second-order valence-corrected chi connectivity index (χ2v) is 16.5. The van der Waals surface area contributed by atoms with Gasteiger partial charge in [-0.2, -0.15) is 31.6 Å². The molecule has 30 heteroatoms. The number of aliphatic carboxylic acids is 6. The van der Waals surface area contributed by atoms with Gasteiger partial charge in [0.15, 0.2) is 0 Å². The average Bonchev–Trinajstić information content (AvgIpc) is 3.60. The summed E-state index contributed by atoms with van der Waals surface area (Å²) in [7, 11) is 0. The summed E-state index contributed by atoms with van der Waals surface area (Å²) < 4.78 is 28.8. The van der Waals surface area contributed by atoms with Gasteiger partial charge in [-0.3, -0.25) is 38.4 Å². The molecule has 0 aliphatic heterocycles. The van der Waals surface area contributed by atoms with Crippen LogP contribution in [0.1, 0.15) is 196 Å². The number of allylic oxidation sites excluding steroid dienone is 2. The number of carboxylic acid groups (broad SMARTS) is 6. The van der Waals surface area contributed by atoms with Crippen molar-refractivity contribution in [3.8, 4) is 36.4 Å². The molecule has 0 atom stereocenters. The summed E-state index contributed by atoms with van der Waals surface area (Å²) in [4.78, 5) is 124. The summed E-state index contributed by atoms with van der Waals surface area (Å²) in [6.45, 7) is 14.1. The van der Waals surface area contributed by atoms with E-state index >= 15 is 0 Å². The van der Waals surface area contributed by atoms with Crippen LogP contribution in [0.25, 0.3) is 0 Å². The fraction of sp³-hybridized carbons (Fsp3) is 0.600. The van der Waals surface area contributed by atoms with Crippen molar-refractivity contribution in [3.05, 3.63) is 36.5 Å². The van der Waals surface area contributed by atoms with Gasteiger partial charge in [-0.15, -0.1) is 0 Å². The fourth-order valence-electron chi connectivity index (χ4n) is 4.04. The molecule has 0 bridgehead atoms. The molecule has 0 fully saturated rings. The first-order valence-corrected chi connectivity index (χ1v) is 28.3. The largest absolute Gasteiger partial charge is 0.481 e. The van der Waals surface area contributed by atoms with Crippen molar-refractivity contribution in [2.24, 2.45) is 0 Å². The van der Waals surface area contributed by atoms with Crippen LogP contribution in [0.5, 0.6) is 0 Å². The molecule has 6 N–H and O–H groups in total. The highest BCUT2D eigenvalue weighted by Gasteiger charge is 2.09. The zero-order valence-electron chi connectivity index (χ0n) is 52.4. The van der Waals surface area contributed by atoms with E-state index in [0.717, 1.165) is 75.7 Å². The predicted molar refractivity (Wildman–Crippen MR) is 318 cm³/mol. The second kappa shape index (κ2) is 87.6. The topological polar surface area (TPSA) is 524 Å². The minimum atomic E-state index is -1.26. The van der Waals surface area contributed by atoms with Crippen molar-refractivity contribution in [2.75, 3.05) is 39.6 Å². The Morgan fingerprint density at radius 3 is 0.744 bits per heavy atom. The molecule has 0 aromatic rings. The number of unbranched alkanes of at least 4 members (excludes halogenated alkanes) is 6. The first kappa shape index (κ1) is 98.9. The molecule has 0 aliphatic carbocycles. The van der Waals surface area contributed by atoms with E-state index in [4.69, 9.17) is 90.6 Å². The zero-order valence-corrected chi connectivity index (χ0v) is 52.4. The molecule has 0 saturated heterocycles. The van der Waals surface area contributed by atoms with Crippen molar-refractivity contribution in [2.45, 2.75) is 196 Å². The number of hydrogen-bond donors (Lipinski definition) is 6. The van der Waals surface area contributed by atoms with Crippen molar-refractivity contribution < 1.29 is 117 Å². The Bertz CT molecular complexity index is 2160. The quantitative estimate of drug-likeness (QED) is 0.0112. The zero-order chi connectivity index (χ0) is 70.9. The van der Waals surface area contributed by atoms with E-state index < -0.39 is 47.8 Å². The van der Waals surface area contributed by atoms with Crippen LogP contribution >= 0.6 is 0 Å². The van der Waals surface area contributed by atoms with Crippen LogP contribution in [0.15, 0.2) is 36.5 Å². The highest BCUT2D eigenvalue weighted by atomic mass is 16.6. The fourth-order valence-corrected chi connectivity index (χ4v) is 4.04. The molecule has 0 heterocycles. The summed E-state index contributed by atoms with van der Waals surface area (Å²) in [6.07, 6.45) is 16.7. The molecule has 0 rings (SSSR count). The van der Waals surface area contributed by atoms with E-state index in [1.54, 1.807) is 12.1 Å². The number of hydrogen-bond acceptors (Lipinski definition) is 24. The van der Waals surface area contributed by atoms with E-state index in [0.29, 0.717) is 116 Å². The monoisotopic (exact) mass is 1280 g/mol.